The summed E-state index contributed by atoms with van der Waals surface area (Å²) in [4.78, 5) is 10.1. The van der Waals surface area contributed by atoms with Crippen molar-refractivity contribution in [2.24, 2.45) is 0 Å². The van der Waals surface area contributed by atoms with Crippen LogP contribution in [0.25, 0.3) is 0 Å². The van der Waals surface area contributed by atoms with Crippen molar-refractivity contribution < 1.29 is 9.31 Å². The molecule has 1 aliphatic rings. The molecule has 0 bridgehead atoms. The zero-order chi connectivity index (χ0) is 13.0. The molecule has 0 radical (unpaired) electrons. The van der Waals surface area contributed by atoms with Gasteiger partial charge in [0.25, 0.3) is 5.69 Å². The predicted octanol–water partition coefficient (Wildman–Crippen LogP) is 3.16. The average Bonchev–Trinajstić information content (AvgIpc) is 2.37. The summed E-state index contributed by atoms with van der Waals surface area (Å²) in [6, 6.07) is 4.19. The van der Waals surface area contributed by atoms with Crippen molar-refractivity contribution in [3.63, 3.8) is 0 Å². The molecule has 5 heteroatoms. The molecule has 0 amide bonds. The van der Waals surface area contributed by atoms with Crippen LogP contribution in [0.5, 0.6) is 0 Å². The van der Waals surface area contributed by atoms with Crippen LogP contribution in [0.15, 0.2) is 18.2 Å². The highest BCUT2D eigenvalue weighted by Gasteiger charge is 2.14. The minimum atomic E-state index is -0.562. The van der Waals surface area contributed by atoms with Crippen LogP contribution in [-0.4, -0.2) is 11.0 Å². The number of halogens is 1. The van der Waals surface area contributed by atoms with E-state index >= 15 is 0 Å². The van der Waals surface area contributed by atoms with Crippen molar-refractivity contribution in [3.8, 4) is 0 Å². The van der Waals surface area contributed by atoms with Gasteiger partial charge in [-0.2, -0.15) is 0 Å². The van der Waals surface area contributed by atoms with Gasteiger partial charge >= 0.3 is 0 Å². The Labute approximate surface area is 105 Å². The van der Waals surface area contributed by atoms with E-state index in [1.165, 1.54) is 31.4 Å². The SMILES string of the molecule is O=[N+]([O-])c1cc(F)cc(CNC2CCCCC2)c1. The summed E-state index contributed by atoms with van der Waals surface area (Å²) in [5, 5.41) is 14.0. The number of rotatable bonds is 4. The van der Waals surface area contributed by atoms with Crippen LogP contribution in [0, 0.1) is 15.9 Å². The third kappa shape index (κ3) is 3.50. The molecule has 1 aromatic rings. The number of hydrogen-bond acceptors (Lipinski definition) is 3. The molecule has 0 saturated heterocycles. The second kappa shape index (κ2) is 5.91. The van der Waals surface area contributed by atoms with E-state index < -0.39 is 10.7 Å². The molecule has 1 aliphatic carbocycles. The Morgan fingerprint density at radius 2 is 2.00 bits per heavy atom. The summed E-state index contributed by atoms with van der Waals surface area (Å²) >= 11 is 0. The van der Waals surface area contributed by atoms with Crippen molar-refractivity contribution in [3.05, 3.63) is 39.7 Å². The van der Waals surface area contributed by atoms with Gasteiger partial charge < -0.3 is 5.32 Å². The van der Waals surface area contributed by atoms with E-state index in [1.807, 2.05) is 0 Å². The summed E-state index contributed by atoms with van der Waals surface area (Å²) in [5.74, 6) is -0.551. The lowest BCUT2D eigenvalue weighted by molar-refractivity contribution is -0.385. The highest BCUT2D eigenvalue weighted by atomic mass is 19.1. The number of nitrogens with zero attached hydrogens (tertiary/aromatic N) is 1. The molecule has 1 fully saturated rings. The Balaban J connectivity index is 1.97. The van der Waals surface area contributed by atoms with Gasteiger partial charge in [-0.3, -0.25) is 10.1 Å². The van der Waals surface area contributed by atoms with Crippen molar-refractivity contribution in [2.45, 2.75) is 44.7 Å². The second-order valence-corrected chi connectivity index (χ2v) is 4.79. The lowest BCUT2D eigenvalue weighted by Crippen LogP contribution is -2.30. The second-order valence-electron chi connectivity index (χ2n) is 4.79. The molecule has 4 nitrogen and oxygen atoms in total. The van der Waals surface area contributed by atoms with Gasteiger partial charge in [0, 0.05) is 18.7 Å². The van der Waals surface area contributed by atoms with Crippen molar-refractivity contribution >= 4 is 5.69 Å². The number of nitrogens with one attached hydrogen (secondary N) is 1. The van der Waals surface area contributed by atoms with Gasteiger partial charge in [0.2, 0.25) is 0 Å². The standard InChI is InChI=1S/C13H17FN2O2/c14-11-6-10(7-13(8-11)16(17)18)9-15-12-4-2-1-3-5-12/h6-8,12,15H,1-5,9H2. The highest BCUT2D eigenvalue weighted by Crippen LogP contribution is 2.19. The van der Waals surface area contributed by atoms with Gasteiger partial charge in [-0.15, -0.1) is 0 Å². The molecule has 2 rings (SSSR count). The van der Waals surface area contributed by atoms with E-state index in [4.69, 9.17) is 0 Å². The fraction of sp³-hybridized carbons (Fsp3) is 0.538. The maximum atomic E-state index is 13.2. The van der Waals surface area contributed by atoms with Crippen molar-refractivity contribution in [1.29, 1.82) is 0 Å². The average molecular weight is 252 g/mol. The zero-order valence-corrected chi connectivity index (χ0v) is 10.2. The summed E-state index contributed by atoms with van der Waals surface area (Å²) in [5.41, 5.74) is 0.447. The van der Waals surface area contributed by atoms with Gasteiger partial charge in [0.05, 0.1) is 11.0 Å². The van der Waals surface area contributed by atoms with Gasteiger partial charge in [-0.05, 0) is 24.5 Å². The Kier molecular flexibility index (Phi) is 4.25. The molecule has 18 heavy (non-hydrogen) atoms. The third-order valence-corrected chi connectivity index (χ3v) is 3.35. The van der Waals surface area contributed by atoms with Crippen molar-refractivity contribution in [1.82, 2.24) is 5.32 Å². The van der Waals surface area contributed by atoms with Gasteiger partial charge in [0.15, 0.2) is 0 Å². The van der Waals surface area contributed by atoms with Crippen LogP contribution in [0.4, 0.5) is 10.1 Å². The van der Waals surface area contributed by atoms with E-state index in [0.717, 1.165) is 18.9 Å². The normalized spacial score (nSPS) is 16.7. The lowest BCUT2D eigenvalue weighted by Gasteiger charge is -2.22. The van der Waals surface area contributed by atoms with Crippen LogP contribution >= 0.6 is 0 Å². The van der Waals surface area contributed by atoms with E-state index in [2.05, 4.69) is 5.32 Å². The highest BCUT2D eigenvalue weighted by molar-refractivity contribution is 5.35. The Hall–Kier alpha value is -1.49. The predicted molar refractivity (Wildman–Crippen MR) is 66.8 cm³/mol. The Morgan fingerprint density at radius 1 is 1.28 bits per heavy atom. The molecule has 0 atom stereocenters. The fourth-order valence-electron chi connectivity index (χ4n) is 2.41. The Bertz CT molecular complexity index is 431. The first kappa shape index (κ1) is 13.0. The molecule has 1 N–H and O–H groups in total. The largest absolute Gasteiger partial charge is 0.310 e. The maximum Gasteiger partial charge on any atom is 0.272 e. The first-order valence-electron chi connectivity index (χ1n) is 6.32. The van der Waals surface area contributed by atoms with E-state index in [-0.39, 0.29) is 5.69 Å². The number of non-ortho nitro benzene ring substituents is 1. The van der Waals surface area contributed by atoms with E-state index in [0.29, 0.717) is 18.2 Å². The molecular formula is C13H17FN2O2. The van der Waals surface area contributed by atoms with Crippen molar-refractivity contribution in [2.75, 3.05) is 0 Å². The summed E-state index contributed by atoms with van der Waals surface area (Å²) in [7, 11) is 0. The molecule has 1 saturated carbocycles. The molecule has 98 valence electrons. The smallest absolute Gasteiger partial charge is 0.272 e. The monoisotopic (exact) mass is 252 g/mol. The van der Waals surface area contributed by atoms with Crippen LogP contribution in [-0.2, 0) is 6.54 Å². The van der Waals surface area contributed by atoms with Gasteiger partial charge in [-0.25, -0.2) is 4.39 Å². The molecule has 0 unspecified atom stereocenters. The van der Waals surface area contributed by atoms with Gasteiger partial charge in [-0.1, -0.05) is 19.3 Å². The molecular weight excluding hydrogens is 235 g/mol. The summed E-state index contributed by atoms with van der Waals surface area (Å²) in [6.07, 6.45) is 6.00. The molecule has 0 aliphatic heterocycles. The number of nitro groups is 1. The first-order chi connectivity index (χ1) is 8.65. The van der Waals surface area contributed by atoms with E-state index in [1.54, 1.807) is 0 Å². The minimum Gasteiger partial charge on any atom is -0.310 e. The molecule has 0 heterocycles. The minimum absolute atomic E-state index is 0.185. The number of nitro benzene ring substituents is 1. The van der Waals surface area contributed by atoms with Gasteiger partial charge in [0.1, 0.15) is 5.82 Å². The van der Waals surface area contributed by atoms with Crippen LogP contribution < -0.4 is 5.32 Å². The number of benzene rings is 1. The topological polar surface area (TPSA) is 55.2 Å². The lowest BCUT2D eigenvalue weighted by atomic mass is 9.95. The summed E-state index contributed by atoms with van der Waals surface area (Å²) in [6.45, 7) is 0.489. The Morgan fingerprint density at radius 3 is 2.67 bits per heavy atom. The zero-order valence-electron chi connectivity index (χ0n) is 10.2. The van der Waals surface area contributed by atoms with Crippen LogP contribution in [0.3, 0.4) is 0 Å². The maximum absolute atomic E-state index is 13.2. The summed E-state index contributed by atoms with van der Waals surface area (Å²) < 4.78 is 13.2. The third-order valence-electron chi connectivity index (χ3n) is 3.35. The quantitative estimate of drug-likeness (QED) is 0.661. The van der Waals surface area contributed by atoms with E-state index in [9.17, 15) is 14.5 Å². The first-order valence-corrected chi connectivity index (χ1v) is 6.32. The molecule has 1 aromatic carbocycles. The van der Waals surface area contributed by atoms with Crippen LogP contribution in [0.1, 0.15) is 37.7 Å². The molecule has 0 spiro atoms. The number of hydrogen-bond donors (Lipinski definition) is 1. The fourth-order valence-corrected chi connectivity index (χ4v) is 2.41. The molecule has 0 aromatic heterocycles. The van der Waals surface area contributed by atoms with Crippen LogP contribution in [0.2, 0.25) is 0 Å².